The van der Waals surface area contributed by atoms with Crippen molar-refractivity contribution in [2.75, 3.05) is 0 Å². The average Bonchev–Trinajstić information content (AvgIpc) is 2.86. The van der Waals surface area contributed by atoms with Gasteiger partial charge in [-0.25, -0.2) is 13.2 Å². The van der Waals surface area contributed by atoms with Gasteiger partial charge in [-0.1, -0.05) is 42.5 Å². The number of carboxylic acid groups (broad SMARTS) is 1. The van der Waals surface area contributed by atoms with Crippen molar-refractivity contribution in [3.63, 3.8) is 0 Å². The van der Waals surface area contributed by atoms with Crippen LogP contribution in [0.2, 0.25) is 0 Å². The number of aliphatic hydroxyl groups is 1. The van der Waals surface area contributed by atoms with Gasteiger partial charge in [0.05, 0.1) is 9.79 Å². The number of sulfone groups is 1. The normalized spacial score (nSPS) is 14.3. The molecule has 208 valence electrons. The molecule has 0 aliphatic carbocycles. The molecule has 0 aliphatic heterocycles. The highest BCUT2D eigenvalue weighted by Gasteiger charge is 2.33. The smallest absolute Gasteiger partial charge is 0.339 e. The topological polar surface area (TPSA) is 150 Å². The predicted octanol–water partition coefficient (Wildman–Crippen LogP) is 3.89. The third-order valence-electron chi connectivity index (χ3n) is 5.87. The first kappa shape index (κ1) is 29.8. The number of esters is 1. The molecule has 4 N–H and O–H groups in total. The van der Waals surface area contributed by atoms with E-state index in [0.29, 0.717) is 12.0 Å². The monoisotopic (exact) mass is 555 g/mol. The standard InChI is InChI=1S/C29H33NO8S/c1-18(30-25(28(35)38-29(2,3)4)26(32)20-8-6-5-7-9-20)16-19-10-12-21(13-11-19)39(36,37)22-14-15-24(31)23(17-22)27(33)34/h5-15,17-18,25-26,30-32H,16H2,1-4H3,(H,33,34)/t18-,25?,26-/m1/s1. The van der Waals surface area contributed by atoms with Gasteiger partial charge in [0.15, 0.2) is 0 Å². The molecule has 10 heteroatoms. The lowest BCUT2D eigenvalue weighted by Crippen LogP contribution is -2.49. The van der Waals surface area contributed by atoms with Crippen LogP contribution in [-0.2, 0) is 25.8 Å². The maximum Gasteiger partial charge on any atom is 0.339 e. The molecular weight excluding hydrogens is 522 g/mol. The largest absolute Gasteiger partial charge is 0.507 e. The van der Waals surface area contributed by atoms with Crippen molar-refractivity contribution in [2.45, 2.75) is 67.7 Å². The number of carbonyl (C=O) groups excluding carboxylic acids is 1. The van der Waals surface area contributed by atoms with Gasteiger partial charge < -0.3 is 20.1 Å². The molecule has 39 heavy (non-hydrogen) atoms. The first-order chi connectivity index (χ1) is 18.2. The number of carbonyl (C=O) groups is 2. The fourth-order valence-corrected chi connectivity index (χ4v) is 5.30. The van der Waals surface area contributed by atoms with E-state index in [1.54, 1.807) is 57.2 Å². The first-order valence-electron chi connectivity index (χ1n) is 12.3. The number of hydrogen-bond acceptors (Lipinski definition) is 8. The molecule has 0 aromatic heterocycles. The maximum atomic E-state index is 13.0. The summed E-state index contributed by atoms with van der Waals surface area (Å²) < 4.78 is 31.6. The molecule has 3 rings (SSSR count). The minimum Gasteiger partial charge on any atom is -0.507 e. The number of aliphatic hydroxyl groups excluding tert-OH is 1. The second-order valence-corrected chi connectivity index (χ2v) is 12.2. The van der Waals surface area contributed by atoms with Crippen LogP contribution >= 0.6 is 0 Å². The van der Waals surface area contributed by atoms with Crippen LogP contribution in [0.15, 0.2) is 82.6 Å². The Balaban J connectivity index is 1.77. The Hall–Kier alpha value is -3.73. The van der Waals surface area contributed by atoms with E-state index in [1.807, 2.05) is 13.0 Å². The highest BCUT2D eigenvalue weighted by atomic mass is 32.2. The fraction of sp³-hybridized carbons (Fsp3) is 0.310. The summed E-state index contributed by atoms with van der Waals surface area (Å²) in [7, 11) is -4.03. The lowest BCUT2D eigenvalue weighted by atomic mass is 9.99. The Morgan fingerprint density at radius 2 is 1.54 bits per heavy atom. The fourth-order valence-electron chi connectivity index (χ4n) is 4.01. The zero-order chi connectivity index (χ0) is 29.0. The molecule has 0 amide bonds. The van der Waals surface area contributed by atoms with Gasteiger partial charge in [-0.15, -0.1) is 0 Å². The molecule has 9 nitrogen and oxygen atoms in total. The van der Waals surface area contributed by atoms with Crippen LogP contribution < -0.4 is 5.32 Å². The zero-order valence-electron chi connectivity index (χ0n) is 22.2. The van der Waals surface area contributed by atoms with E-state index in [4.69, 9.17) is 4.74 Å². The molecule has 0 radical (unpaired) electrons. The number of carboxylic acids is 1. The van der Waals surface area contributed by atoms with Crippen molar-refractivity contribution in [2.24, 2.45) is 0 Å². The summed E-state index contributed by atoms with van der Waals surface area (Å²) >= 11 is 0. The molecule has 0 aliphatic rings. The lowest BCUT2D eigenvalue weighted by molar-refractivity contribution is -0.161. The molecule has 1 unspecified atom stereocenters. The van der Waals surface area contributed by atoms with Gasteiger partial charge in [-0.2, -0.15) is 0 Å². The van der Waals surface area contributed by atoms with E-state index >= 15 is 0 Å². The van der Waals surface area contributed by atoms with Gasteiger partial charge in [-0.05, 0) is 75.6 Å². The van der Waals surface area contributed by atoms with Gasteiger partial charge in [0.25, 0.3) is 0 Å². The second kappa shape index (κ2) is 12.0. The second-order valence-electron chi connectivity index (χ2n) is 10.3. The molecule has 0 saturated heterocycles. The van der Waals surface area contributed by atoms with E-state index in [2.05, 4.69) is 5.32 Å². The third kappa shape index (κ3) is 7.66. The van der Waals surface area contributed by atoms with Crippen LogP contribution in [0.3, 0.4) is 0 Å². The van der Waals surface area contributed by atoms with Crippen LogP contribution in [-0.4, -0.2) is 53.4 Å². The van der Waals surface area contributed by atoms with Crippen molar-refractivity contribution in [3.8, 4) is 5.75 Å². The van der Waals surface area contributed by atoms with Crippen molar-refractivity contribution in [1.29, 1.82) is 0 Å². The summed E-state index contributed by atoms with van der Waals surface area (Å²) in [4.78, 5) is 24.0. The van der Waals surface area contributed by atoms with Crippen molar-refractivity contribution < 1.29 is 38.1 Å². The van der Waals surface area contributed by atoms with Crippen LogP contribution in [0.5, 0.6) is 5.75 Å². The maximum absolute atomic E-state index is 13.0. The zero-order valence-corrected chi connectivity index (χ0v) is 23.0. The van der Waals surface area contributed by atoms with Crippen molar-refractivity contribution >= 4 is 21.8 Å². The number of nitrogens with one attached hydrogen (secondary N) is 1. The summed E-state index contributed by atoms with van der Waals surface area (Å²) in [6, 6.07) is 16.6. The average molecular weight is 556 g/mol. The Morgan fingerprint density at radius 3 is 2.10 bits per heavy atom. The van der Waals surface area contributed by atoms with E-state index in [0.717, 1.165) is 23.8 Å². The number of hydrogen-bond donors (Lipinski definition) is 4. The Morgan fingerprint density at radius 1 is 0.949 bits per heavy atom. The first-order valence-corrected chi connectivity index (χ1v) is 13.8. The summed E-state index contributed by atoms with van der Waals surface area (Å²) in [5, 5.41) is 33.0. The molecular formula is C29H33NO8S. The summed E-state index contributed by atoms with van der Waals surface area (Å²) in [6.45, 7) is 7.08. The summed E-state index contributed by atoms with van der Waals surface area (Å²) in [5.41, 5.74) is 0.0662. The van der Waals surface area contributed by atoms with Gasteiger partial charge in [0.1, 0.15) is 29.1 Å². The number of rotatable bonds is 10. The van der Waals surface area contributed by atoms with Gasteiger partial charge in [0.2, 0.25) is 9.84 Å². The van der Waals surface area contributed by atoms with E-state index in [9.17, 15) is 33.3 Å². The third-order valence-corrected chi connectivity index (χ3v) is 7.63. The van der Waals surface area contributed by atoms with Crippen LogP contribution in [0.1, 0.15) is 55.3 Å². The molecule has 3 aromatic rings. The quantitative estimate of drug-likeness (QED) is 0.273. The minimum atomic E-state index is -4.03. The SMILES string of the molecule is C[C@H](Cc1ccc(S(=O)(=O)c2ccc(O)c(C(=O)O)c2)cc1)NC(C(=O)OC(C)(C)C)[C@H](O)c1ccccc1. The number of aromatic carboxylic acids is 1. The van der Waals surface area contributed by atoms with Gasteiger partial charge in [0, 0.05) is 6.04 Å². The van der Waals surface area contributed by atoms with Crippen LogP contribution in [0.25, 0.3) is 0 Å². The van der Waals surface area contributed by atoms with E-state index in [-0.39, 0.29) is 15.8 Å². The lowest BCUT2D eigenvalue weighted by Gasteiger charge is -2.29. The Kier molecular flexibility index (Phi) is 9.16. The molecule has 3 atom stereocenters. The molecule has 0 heterocycles. The van der Waals surface area contributed by atoms with Gasteiger partial charge >= 0.3 is 11.9 Å². The molecule has 0 saturated carbocycles. The van der Waals surface area contributed by atoms with E-state index < -0.39 is 50.8 Å². The number of ether oxygens (including phenoxy) is 1. The highest BCUT2D eigenvalue weighted by Crippen LogP contribution is 2.27. The molecule has 0 bridgehead atoms. The predicted molar refractivity (Wildman–Crippen MR) is 144 cm³/mol. The van der Waals surface area contributed by atoms with Crippen molar-refractivity contribution in [3.05, 3.63) is 89.5 Å². The molecule has 3 aromatic carbocycles. The molecule has 0 fully saturated rings. The minimum absolute atomic E-state index is 0.0416. The van der Waals surface area contributed by atoms with Crippen LogP contribution in [0, 0.1) is 0 Å². The molecule has 0 spiro atoms. The number of aromatic hydroxyl groups is 1. The highest BCUT2D eigenvalue weighted by molar-refractivity contribution is 7.91. The van der Waals surface area contributed by atoms with Gasteiger partial charge in [-0.3, -0.25) is 10.1 Å². The number of phenols is 1. The summed E-state index contributed by atoms with van der Waals surface area (Å²) in [5.74, 6) is -2.56. The van der Waals surface area contributed by atoms with Crippen molar-refractivity contribution in [1.82, 2.24) is 5.32 Å². The Labute approximate surface area is 228 Å². The van der Waals surface area contributed by atoms with Crippen LogP contribution in [0.4, 0.5) is 0 Å². The Bertz CT molecular complexity index is 1410. The summed E-state index contributed by atoms with van der Waals surface area (Å²) in [6.07, 6.45) is -0.749. The van der Waals surface area contributed by atoms with E-state index in [1.165, 1.54) is 12.1 Å². The number of benzene rings is 3.